The molecule has 29 heavy (non-hydrogen) atoms. The Kier molecular flexibility index (Phi) is 5.01. The second kappa shape index (κ2) is 7.80. The SMILES string of the molecule is Cc1nc(Nc2ccc(N3CCCC3)cc2)cc(N2CCC3(CC2)OCCO3)n1. The second-order valence-electron chi connectivity index (χ2n) is 8.12. The molecule has 1 aromatic heterocycles. The van der Waals surface area contributed by atoms with Crippen molar-refractivity contribution in [3.05, 3.63) is 36.2 Å². The molecular weight excluding hydrogens is 366 g/mol. The van der Waals surface area contributed by atoms with Crippen molar-refractivity contribution in [2.45, 2.75) is 38.4 Å². The van der Waals surface area contributed by atoms with Gasteiger partial charge in [0, 0.05) is 56.5 Å². The standard InChI is InChI=1S/C22H29N5O2/c1-17-23-20(25-18-4-6-19(7-5-18)26-10-2-3-11-26)16-21(24-17)27-12-8-22(9-13-27)28-14-15-29-22/h4-7,16H,2-3,8-15H2,1H3,(H,23,24,25). The molecule has 7 heteroatoms. The smallest absolute Gasteiger partial charge is 0.171 e. The summed E-state index contributed by atoms with van der Waals surface area (Å²) in [7, 11) is 0. The minimum atomic E-state index is -0.364. The number of rotatable bonds is 4. The number of aryl methyl sites for hydroxylation is 1. The molecule has 5 rings (SSSR count). The predicted octanol–water partition coefficient (Wildman–Crippen LogP) is 3.47. The van der Waals surface area contributed by atoms with Crippen LogP contribution in [0.3, 0.4) is 0 Å². The second-order valence-corrected chi connectivity index (χ2v) is 8.12. The van der Waals surface area contributed by atoms with Crippen LogP contribution < -0.4 is 15.1 Å². The van der Waals surface area contributed by atoms with E-state index in [0.29, 0.717) is 13.2 Å². The Morgan fingerprint density at radius 2 is 1.59 bits per heavy atom. The molecule has 7 nitrogen and oxygen atoms in total. The summed E-state index contributed by atoms with van der Waals surface area (Å²) in [5, 5.41) is 3.44. The monoisotopic (exact) mass is 395 g/mol. The van der Waals surface area contributed by atoms with E-state index in [-0.39, 0.29) is 5.79 Å². The van der Waals surface area contributed by atoms with E-state index in [9.17, 15) is 0 Å². The molecule has 3 aliphatic heterocycles. The zero-order valence-electron chi connectivity index (χ0n) is 17.1. The highest BCUT2D eigenvalue weighted by Crippen LogP contribution is 2.33. The topological polar surface area (TPSA) is 62.8 Å². The van der Waals surface area contributed by atoms with Gasteiger partial charge in [0.25, 0.3) is 0 Å². The number of benzene rings is 1. The lowest BCUT2D eigenvalue weighted by Gasteiger charge is -2.38. The van der Waals surface area contributed by atoms with Crippen molar-refractivity contribution in [3.8, 4) is 0 Å². The summed E-state index contributed by atoms with van der Waals surface area (Å²) in [5.74, 6) is 2.19. The lowest BCUT2D eigenvalue weighted by Crippen LogP contribution is -2.45. The summed E-state index contributed by atoms with van der Waals surface area (Å²) in [6.07, 6.45) is 4.32. The van der Waals surface area contributed by atoms with E-state index in [4.69, 9.17) is 9.47 Å². The van der Waals surface area contributed by atoms with Crippen LogP contribution in [0.1, 0.15) is 31.5 Å². The average molecular weight is 396 g/mol. The van der Waals surface area contributed by atoms with Crippen LogP contribution in [0.25, 0.3) is 0 Å². The minimum Gasteiger partial charge on any atom is -0.372 e. The summed E-state index contributed by atoms with van der Waals surface area (Å²) in [4.78, 5) is 14.0. The van der Waals surface area contributed by atoms with E-state index >= 15 is 0 Å². The maximum absolute atomic E-state index is 5.84. The number of hydrogen-bond donors (Lipinski definition) is 1. The molecule has 0 aliphatic carbocycles. The molecule has 4 heterocycles. The molecule has 0 atom stereocenters. The minimum absolute atomic E-state index is 0.364. The Morgan fingerprint density at radius 3 is 2.28 bits per heavy atom. The van der Waals surface area contributed by atoms with E-state index in [2.05, 4.69) is 49.4 Å². The zero-order valence-corrected chi connectivity index (χ0v) is 17.1. The van der Waals surface area contributed by atoms with Gasteiger partial charge in [-0.1, -0.05) is 0 Å². The van der Waals surface area contributed by atoms with E-state index in [1.807, 2.05) is 13.0 Å². The molecule has 0 saturated carbocycles. The first kappa shape index (κ1) is 18.6. The number of hydrogen-bond acceptors (Lipinski definition) is 7. The predicted molar refractivity (Wildman–Crippen MR) is 114 cm³/mol. The van der Waals surface area contributed by atoms with Crippen molar-refractivity contribution in [1.82, 2.24) is 9.97 Å². The highest BCUT2D eigenvalue weighted by molar-refractivity contribution is 5.63. The van der Waals surface area contributed by atoms with Crippen molar-refractivity contribution in [2.24, 2.45) is 0 Å². The fourth-order valence-electron chi connectivity index (χ4n) is 4.52. The molecule has 2 aromatic rings. The highest BCUT2D eigenvalue weighted by atomic mass is 16.7. The van der Waals surface area contributed by atoms with Crippen molar-refractivity contribution in [1.29, 1.82) is 0 Å². The molecule has 0 radical (unpaired) electrons. The lowest BCUT2D eigenvalue weighted by molar-refractivity contribution is -0.169. The summed E-state index contributed by atoms with van der Waals surface area (Å²) >= 11 is 0. The molecule has 1 aromatic carbocycles. The third-order valence-corrected chi connectivity index (χ3v) is 6.10. The summed E-state index contributed by atoms with van der Waals surface area (Å²) in [6, 6.07) is 10.7. The molecule has 154 valence electrons. The highest BCUT2D eigenvalue weighted by Gasteiger charge is 2.40. The summed E-state index contributed by atoms with van der Waals surface area (Å²) in [6.45, 7) is 7.43. The fourth-order valence-corrected chi connectivity index (χ4v) is 4.52. The van der Waals surface area contributed by atoms with Crippen LogP contribution in [0.4, 0.5) is 23.0 Å². The van der Waals surface area contributed by atoms with Gasteiger partial charge in [0.05, 0.1) is 13.2 Å². The third kappa shape index (κ3) is 4.02. The van der Waals surface area contributed by atoms with Crippen LogP contribution in [0.2, 0.25) is 0 Å². The van der Waals surface area contributed by atoms with Gasteiger partial charge in [-0.3, -0.25) is 0 Å². The Bertz CT molecular complexity index is 835. The van der Waals surface area contributed by atoms with Gasteiger partial charge in [0.15, 0.2) is 5.79 Å². The third-order valence-electron chi connectivity index (χ3n) is 6.10. The first-order valence-electron chi connectivity index (χ1n) is 10.7. The largest absolute Gasteiger partial charge is 0.372 e. The molecular formula is C22H29N5O2. The Hall–Kier alpha value is -2.38. The van der Waals surface area contributed by atoms with Gasteiger partial charge in [-0.2, -0.15) is 0 Å². The Balaban J connectivity index is 1.27. The van der Waals surface area contributed by atoms with E-state index < -0.39 is 0 Å². The van der Waals surface area contributed by atoms with E-state index in [1.54, 1.807) is 0 Å². The fraction of sp³-hybridized carbons (Fsp3) is 0.545. The first-order chi connectivity index (χ1) is 14.2. The van der Waals surface area contributed by atoms with Gasteiger partial charge in [0.1, 0.15) is 17.5 Å². The number of piperidine rings is 1. The molecule has 3 saturated heterocycles. The van der Waals surface area contributed by atoms with E-state index in [1.165, 1.54) is 18.5 Å². The molecule has 1 spiro atoms. The Morgan fingerprint density at radius 1 is 0.897 bits per heavy atom. The van der Waals surface area contributed by atoms with Crippen LogP contribution in [0, 0.1) is 6.92 Å². The van der Waals surface area contributed by atoms with Crippen LogP contribution in [-0.2, 0) is 9.47 Å². The Labute approximate surface area is 172 Å². The zero-order chi connectivity index (χ0) is 19.7. The number of nitrogens with zero attached hydrogens (tertiary/aromatic N) is 4. The maximum atomic E-state index is 5.84. The number of ether oxygens (including phenoxy) is 2. The molecule has 0 amide bonds. The van der Waals surface area contributed by atoms with Gasteiger partial charge >= 0.3 is 0 Å². The van der Waals surface area contributed by atoms with Gasteiger partial charge in [-0.15, -0.1) is 0 Å². The molecule has 3 aliphatic rings. The normalized spacial score (nSPS) is 21.1. The van der Waals surface area contributed by atoms with E-state index in [0.717, 1.165) is 62.2 Å². The molecule has 0 unspecified atom stereocenters. The summed E-state index contributed by atoms with van der Waals surface area (Å²) in [5.41, 5.74) is 2.34. The van der Waals surface area contributed by atoms with Crippen LogP contribution in [0.15, 0.2) is 30.3 Å². The first-order valence-corrected chi connectivity index (χ1v) is 10.7. The number of nitrogens with one attached hydrogen (secondary N) is 1. The van der Waals surface area contributed by atoms with Gasteiger partial charge in [-0.05, 0) is 44.0 Å². The number of aromatic nitrogens is 2. The lowest BCUT2D eigenvalue weighted by atomic mass is 10.0. The summed E-state index contributed by atoms with van der Waals surface area (Å²) < 4.78 is 11.7. The van der Waals surface area contributed by atoms with Gasteiger partial charge < -0.3 is 24.6 Å². The molecule has 1 N–H and O–H groups in total. The quantitative estimate of drug-likeness (QED) is 0.850. The van der Waals surface area contributed by atoms with Crippen LogP contribution >= 0.6 is 0 Å². The van der Waals surface area contributed by atoms with Gasteiger partial charge in [0.2, 0.25) is 0 Å². The molecule has 0 bridgehead atoms. The molecule has 3 fully saturated rings. The van der Waals surface area contributed by atoms with Crippen LogP contribution in [0.5, 0.6) is 0 Å². The van der Waals surface area contributed by atoms with Crippen molar-refractivity contribution >= 4 is 23.0 Å². The number of anilines is 4. The van der Waals surface area contributed by atoms with Crippen molar-refractivity contribution in [3.63, 3.8) is 0 Å². The van der Waals surface area contributed by atoms with Crippen molar-refractivity contribution in [2.75, 3.05) is 54.5 Å². The van der Waals surface area contributed by atoms with Crippen LogP contribution in [-0.4, -0.2) is 55.1 Å². The van der Waals surface area contributed by atoms with Gasteiger partial charge in [-0.25, -0.2) is 9.97 Å². The van der Waals surface area contributed by atoms with Crippen molar-refractivity contribution < 1.29 is 9.47 Å². The average Bonchev–Trinajstić information content (AvgIpc) is 3.42. The maximum Gasteiger partial charge on any atom is 0.171 e.